The van der Waals surface area contributed by atoms with Crippen LogP contribution in [0.1, 0.15) is 220 Å². The molecule has 0 fully saturated rings. The van der Waals surface area contributed by atoms with Gasteiger partial charge in [0.2, 0.25) is 5.91 Å². The zero-order valence-electron chi connectivity index (χ0n) is 39.5. The van der Waals surface area contributed by atoms with Crippen molar-refractivity contribution < 1.29 is 47.2 Å². The number of unbranched alkanes of at least 4 members (excludes halogenated alkanes) is 24. The normalized spacial score (nSPS) is 12.3. The van der Waals surface area contributed by atoms with Gasteiger partial charge in [-0.25, -0.2) is 4.57 Å². The number of Topliss-reactive ketones (excluding diaryl/α,β-unsaturated/α-hetero) is 1. The molecule has 0 aliphatic rings. The molecule has 0 aromatic rings. The van der Waals surface area contributed by atoms with E-state index in [0.29, 0.717) is 25.7 Å². The Morgan fingerprint density at radius 1 is 0.550 bits per heavy atom. The standard InChI is InChI=1S/C43H82NO10P.C2H7N.CH5N/c1-4-6-8-10-12-14-16-18-20-22-24-26-28-33-42(47)51-37-40(38-53-55(49,50)52-36-35-44-41(46)32-30-31-39(3)45)54-43(48)34-29-27-25-23-21-19-17-15-13-11-9-7-5-2;1-3-2;1-2/h40H,4-38H2,1-3H3,(H,44,46)(H,49,50);3H,1-2H3;2H2,1H3. The fourth-order valence-corrected chi connectivity index (χ4v) is 7.10. The Kier molecular flexibility index (Phi) is 51.8. The van der Waals surface area contributed by atoms with E-state index in [-0.39, 0.29) is 50.7 Å². The average Bonchev–Trinajstić information content (AvgIpc) is 3.22. The smallest absolute Gasteiger partial charge is 0.462 e. The van der Waals surface area contributed by atoms with E-state index < -0.39 is 32.5 Å². The van der Waals surface area contributed by atoms with Crippen LogP contribution in [0.15, 0.2) is 0 Å². The van der Waals surface area contributed by atoms with Gasteiger partial charge in [0.25, 0.3) is 0 Å². The number of phosphoric ester groups is 1. The van der Waals surface area contributed by atoms with Gasteiger partial charge in [0.05, 0.1) is 13.2 Å². The lowest BCUT2D eigenvalue weighted by Gasteiger charge is -2.20. The topological polar surface area (TPSA) is 193 Å². The Bertz CT molecular complexity index is 1020. The quantitative estimate of drug-likeness (QED) is 0.0258. The first-order chi connectivity index (χ1) is 29.0. The summed E-state index contributed by atoms with van der Waals surface area (Å²) in [5, 5.41) is 5.31. The lowest BCUT2D eigenvalue weighted by molar-refractivity contribution is -0.161. The Hall–Kier alpha value is -1.89. The third kappa shape index (κ3) is 52.2. The minimum atomic E-state index is -4.55. The number of carbonyl (C=O) groups excluding carboxylic acids is 4. The lowest BCUT2D eigenvalue weighted by Crippen LogP contribution is -2.30. The molecule has 60 heavy (non-hydrogen) atoms. The van der Waals surface area contributed by atoms with Gasteiger partial charge in [0, 0.05) is 32.2 Å². The van der Waals surface area contributed by atoms with Crippen LogP contribution < -0.4 is 16.4 Å². The molecule has 0 aromatic heterocycles. The van der Waals surface area contributed by atoms with Crippen molar-refractivity contribution in [3.63, 3.8) is 0 Å². The minimum absolute atomic E-state index is 0.00245. The highest BCUT2D eigenvalue weighted by Gasteiger charge is 2.26. The van der Waals surface area contributed by atoms with Crippen LogP contribution in [0.5, 0.6) is 0 Å². The fraction of sp³-hybridized carbons (Fsp3) is 0.913. The van der Waals surface area contributed by atoms with Gasteiger partial charge in [0.1, 0.15) is 12.4 Å². The van der Waals surface area contributed by atoms with Gasteiger partial charge >= 0.3 is 19.8 Å². The van der Waals surface area contributed by atoms with E-state index in [1.807, 2.05) is 14.1 Å². The molecule has 358 valence electrons. The van der Waals surface area contributed by atoms with Crippen molar-refractivity contribution >= 4 is 31.5 Å². The molecule has 0 spiro atoms. The maximum atomic E-state index is 12.7. The largest absolute Gasteiger partial charge is 0.472 e. The first-order valence-corrected chi connectivity index (χ1v) is 25.4. The zero-order chi connectivity index (χ0) is 45.4. The number of ketones is 1. The van der Waals surface area contributed by atoms with E-state index in [1.54, 1.807) is 0 Å². The Labute approximate surface area is 367 Å². The van der Waals surface area contributed by atoms with Gasteiger partial charge in [-0.2, -0.15) is 0 Å². The molecule has 13 nitrogen and oxygen atoms in total. The molecule has 0 radical (unpaired) electrons. The van der Waals surface area contributed by atoms with Gasteiger partial charge in [-0.15, -0.1) is 0 Å². The molecule has 0 aromatic carbocycles. The van der Waals surface area contributed by atoms with E-state index in [1.165, 1.54) is 130 Å². The van der Waals surface area contributed by atoms with Crippen LogP contribution in [-0.2, 0) is 42.3 Å². The zero-order valence-corrected chi connectivity index (χ0v) is 40.4. The van der Waals surface area contributed by atoms with Crippen molar-refractivity contribution in [2.75, 3.05) is 47.5 Å². The first kappa shape index (κ1) is 62.4. The number of esters is 2. The van der Waals surface area contributed by atoms with Gasteiger partial charge < -0.3 is 35.5 Å². The van der Waals surface area contributed by atoms with Gasteiger partial charge in [-0.05, 0) is 47.3 Å². The maximum absolute atomic E-state index is 12.7. The summed E-state index contributed by atoms with van der Waals surface area (Å²) in [5.74, 6) is -1.19. The molecule has 1 amide bonds. The Morgan fingerprint density at radius 2 is 0.933 bits per heavy atom. The molecule has 0 heterocycles. The van der Waals surface area contributed by atoms with Crippen LogP contribution in [0.25, 0.3) is 0 Å². The van der Waals surface area contributed by atoms with Crippen LogP contribution in [0, 0.1) is 0 Å². The molecule has 0 aliphatic heterocycles. The molecule has 0 aliphatic carbocycles. The number of hydrogen-bond donors (Lipinski definition) is 4. The second kappa shape index (κ2) is 49.8. The van der Waals surface area contributed by atoms with Gasteiger partial charge in [-0.3, -0.25) is 23.4 Å². The Morgan fingerprint density at radius 3 is 1.33 bits per heavy atom. The van der Waals surface area contributed by atoms with Crippen molar-refractivity contribution in [1.82, 2.24) is 10.6 Å². The molecule has 0 rings (SSSR count). The summed E-state index contributed by atoms with van der Waals surface area (Å²) in [6.45, 7) is 4.83. The van der Waals surface area contributed by atoms with Crippen LogP contribution in [0.4, 0.5) is 0 Å². The maximum Gasteiger partial charge on any atom is 0.472 e. The van der Waals surface area contributed by atoms with Crippen molar-refractivity contribution in [3.8, 4) is 0 Å². The monoisotopic (exact) mass is 880 g/mol. The van der Waals surface area contributed by atoms with Crippen LogP contribution >= 0.6 is 7.82 Å². The summed E-state index contributed by atoms with van der Waals surface area (Å²) in [6.07, 6.45) is 31.4. The third-order valence-electron chi connectivity index (χ3n) is 9.73. The molecule has 0 saturated heterocycles. The summed E-state index contributed by atoms with van der Waals surface area (Å²) in [4.78, 5) is 58.2. The van der Waals surface area contributed by atoms with E-state index in [9.17, 15) is 28.6 Å². The van der Waals surface area contributed by atoms with Crippen molar-refractivity contribution in [1.29, 1.82) is 0 Å². The molecule has 0 bridgehead atoms. The highest BCUT2D eigenvalue weighted by molar-refractivity contribution is 7.47. The predicted molar refractivity (Wildman–Crippen MR) is 246 cm³/mol. The van der Waals surface area contributed by atoms with Crippen LogP contribution in [-0.4, -0.2) is 82.1 Å². The number of rotatable bonds is 42. The molecular formula is C46H94N3O10P. The number of nitrogens with one attached hydrogen (secondary N) is 2. The predicted octanol–water partition coefficient (Wildman–Crippen LogP) is 10.8. The van der Waals surface area contributed by atoms with Crippen molar-refractivity contribution in [3.05, 3.63) is 0 Å². The molecular weight excluding hydrogens is 785 g/mol. The Balaban J connectivity index is -0.00000619. The number of nitrogens with two attached hydrogens (primary N) is 1. The van der Waals surface area contributed by atoms with Crippen molar-refractivity contribution in [2.24, 2.45) is 5.73 Å². The second-order valence-electron chi connectivity index (χ2n) is 15.8. The van der Waals surface area contributed by atoms with Crippen molar-refractivity contribution in [2.45, 2.75) is 226 Å². The molecule has 5 N–H and O–H groups in total. The van der Waals surface area contributed by atoms with E-state index in [0.717, 1.165) is 38.5 Å². The minimum Gasteiger partial charge on any atom is -0.462 e. The lowest BCUT2D eigenvalue weighted by atomic mass is 10.0. The summed E-state index contributed by atoms with van der Waals surface area (Å²) < 4.78 is 33.5. The first-order valence-electron chi connectivity index (χ1n) is 23.9. The van der Waals surface area contributed by atoms with Crippen LogP contribution in [0.2, 0.25) is 0 Å². The number of carbonyl (C=O) groups is 4. The summed E-state index contributed by atoms with van der Waals surface area (Å²) in [5.41, 5.74) is 4.50. The van der Waals surface area contributed by atoms with E-state index in [4.69, 9.17) is 18.5 Å². The second-order valence-corrected chi connectivity index (χ2v) is 17.2. The van der Waals surface area contributed by atoms with Gasteiger partial charge in [-0.1, -0.05) is 168 Å². The van der Waals surface area contributed by atoms with Gasteiger partial charge in [0.15, 0.2) is 6.10 Å². The summed E-state index contributed by atoms with van der Waals surface area (Å²) in [6, 6.07) is 0. The van der Waals surface area contributed by atoms with E-state index in [2.05, 4.69) is 30.2 Å². The number of ether oxygens (including phenoxy) is 2. The summed E-state index contributed by atoms with van der Waals surface area (Å²) in [7, 11) is 0.696. The highest BCUT2D eigenvalue weighted by Crippen LogP contribution is 2.43. The number of hydrogen-bond acceptors (Lipinski definition) is 11. The highest BCUT2D eigenvalue weighted by atomic mass is 31.2. The average molecular weight is 880 g/mol. The SMILES string of the molecule is CCCCCCCCCCCCCCCC(=O)OCC(COP(=O)(O)OCCNC(=O)CCCC(C)=O)OC(=O)CCCCCCCCCCCCCCC.CN.CNC. The number of phosphoric acid groups is 1. The molecule has 2 unspecified atom stereocenters. The fourth-order valence-electron chi connectivity index (χ4n) is 6.35. The third-order valence-corrected chi connectivity index (χ3v) is 10.7. The number of amides is 1. The van der Waals surface area contributed by atoms with E-state index >= 15 is 0 Å². The molecule has 2 atom stereocenters. The van der Waals surface area contributed by atoms with Crippen LogP contribution in [0.3, 0.4) is 0 Å². The summed E-state index contributed by atoms with van der Waals surface area (Å²) >= 11 is 0. The molecule has 14 heteroatoms. The molecule has 0 saturated carbocycles.